The summed E-state index contributed by atoms with van der Waals surface area (Å²) >= 11 is 0. The molecule has 0 atom stereocenters. The third-order valence-corrected chi connectivity index (χ3v) is 3.46. The molecule has 0 saturated carbocycles. The molecule has 20 heavy (non-hydrogen) atoms. The van der Waals surface area contributed by atoms with Crippen molar-refractivity contribution in [1.29, 1.82) is 0 Å². The minimum absolute atomic E-state index is 0.308. The molecule has 3 nitrogen and oxygen atoms in total. The van der Waals surface area contributed by atoms with Gasteiger partial charge in [0.25, 0.3) is 0 Å². The molecule has 0 aliphatic rings. The highest BCUT2D eigenvalue weighted by Crippen LogP contribution is 2.25. The maximum Gasteiger partial charge on any atom is 0.205 e. The van der Waals surface area contributed by atoms with Gasteiger partial charge in [0.1, 0.15) is 5.82 Å². The van der Waals surface area contributed by atoms with E-state index >= 15 is 0 Å². The average Bonchev–Trinajstić information content (AvgIpc) is 2.73. The summed E-state index contributed by atoms with van der Waals surface area (Å²) in [6, 6.07) is 12.7. The van der Waals surface area contributed by atoms with Gasteiger partial charge in [-0.3, -0.25) is 4.57 Å². The van der Waals surface area contributed by atoms with Crippen molar-refractivity contribution in [2.75, 3.05) is 5.73 Å². The molecular weight excluding hydrogens is 253 g/mol. The largest absolute Gasteiger partial charge is 0.369 e. The number of anilines is 1. The van der Waals surface area contributed by atoms with Crippen LogP contribution in [0.25, 0.3) is 16.7 Å². The molecule has 1 heterocycles. The maximum atomic E-state index is 13.2. The van der Waals surface area contributed by atoms with Crippen LogP contribution in [0.4, 0.5) is 10.3 Å². The maximum absolute atomic E-state index is 13.2. The number of nitrogens with zero attached hydrogens (tertiary/aromatic N) is 2. The second kappa shape index (κ2) is 4.63. The first kappa shape index (κ1) is 12.7. The molecule has 0 bridgehead atoms. The summed E-state index contributed by atoms with van der Waals surface area (Å²) in [5, 5.41) is 0. The van der Waals surface area contributed by atoms with Crippen LogP contribution in [0.2, 0.25) is 0 Å². The molecule has 1 aromatic heterocycles. The van der Waals surface area contributed by atoms with E-state index in [0.717, 1.165) is 11.2 Å². The number of nitrogen functional groups attached to an aromatic ring is 1. The third-order valence-electron chi connectivity index (χ3n) is 3.46. The standard InChI is InChI=1S/C16H16FN3/c1-10(2)11-3-6-13(7-4-11)20-15-8-5-12(17)9-14(15)19-16(20)18/h3-10H,1-2H3,(H2,18,19). The monoisotopic (exact) mass is 269 g/mol. The van der Waals surface area contributed by atoms with Crippen LogP contribution in [-0.2, 0) is 0 Å². The van der Waals surface area contributed by atoms with Gasteiger partial charge in [0.2, 0.25) is 5.95 Å². The fraction of sp³-hybridized carbons (Fsp3) is 0.188. The molecule has 0 aliphatic heterocycles. The van der Waals surface area contributed by atoms with Crippen molar-refractivity contribution in [2.45, 2.75) is 19.8 Å². The molecule has 0 amide bonds. The fourth-order valence-electron chi connectivity index (χ4n) is 2.35. The predicted molar refractivity (Wildman–Crippen MR) is 79.5 cm³/mol. The number of benzene rings is 2. The van der Waals surface area contributed by atoms with Crippen molar-refractivity contribution in [3.05, 3.63) is 53.8 Å². The summed E-state index contributed by atoms with van der Waals surface area (Å²) < 4.78 is 15.1. The van der Waals surface area contributed by atoms with E-state index in [9.17, 15) is 4.39 Å². The summed E-state index contributed by atoms with van der Waals surface area (Å²) in [5.74, 6) is 0.537. The van der Waals surface area contributed by atoms with Gasteiger partial charge in [-0.05, 0) is 35.7 Å². The van der Waals surface area contributed by atoms with Gasteiger partial charge >= 0.3 is 0 Å². The highest BCUT2D eigenvalue weighted by Gasteiger charge is 2.11. The van der Waals surface area contributed by atoms with Gasteiger partial charge in [-0.15, -0.1) is 0 Å². The Balaban J connectivity index is 2.16. The quantitative estimate of drug-likeness (QED) is 0.767. The van der Waals surface area contributed by atoms with Gasteiger partial charge in [0.05, 0.1) is 11.0 Å². The third kappa shape index (κ3) is 2.03. The fourth-order valence-corrected chi connectivity index (χ4v) is 2.35. The van der Waals surface area contributed by atoms with E-state index in [2.05, 4.69) is 31.0 Å². The normalized spacial score (nSPS) is 11.4. The lowest BCUT2D eigenvalue weighted by atomic mass is 10.0. The Bertz CT molecular complexity index is 757. The zero-order chi connectivity index (χ0) is 14.3. The second-order valence-corrected chi connectivity index (χ2v) is 5.18. The molecule has 0 saturated heterocycles. The number of aromatic nitrogens is 2. The van der Waals surface area contributed by atoms with E-state index < -0.39 is 0 Å². The molecular formula is C16H16FN3. The van der Waals surface area contributed by atoms with Crippen molar-refractivity contribution in [2.24, 2.45) is 0 Å². The van der Waals surface area contributed by atoms with E-state index in [4.69, 9.17) is 5.73 Å². The van der Waals surface area contributed by atoms with E-state index in [0.29, 0.717) is 17.4 Å². The van der Waals surface area contributed by atoms with E-state index in [1.165, 1.54) is 17.7 Å². The smallest absolute Gasteiger partial charge is 0.205 e. The van der Waals surface area contributed by atoms with Gasteiger partial charge < -0.3 is 5.73 Å². The summed E-state index contributed by atoms with van der Waals surface area (Å²) in [5.41, 5.74) is 9.53. The van der Waals surface area contributed by atoms with Gasteiger partial charge in [0.15, 0.2) is 0 Å². The number of imidazole rings is 1. The van der Waals surface area contributed by atoms with Crippen molar-refractivity contribution >= 4 is 17.0 Å². The predicted octanol–water partition coefficient (Wildman–Crippen LogP) is 3.87. The summed E-state index contributed by atoms with van der Waals surface area (Å²) in [7, 11) is 0. The van der Waals surface area contributed by atoms with Crippen LogP contribution in [-0.4, -0.2) is 9.55 Å². The SMILES string of the molecule is CC(C)c1ccc(-n2c(N)nc3cc(F)ccc32)cc1. The zero-order valence-corrected chi connectivity index (χ0v) is 11.5. The highest BCUT2D eigenvalue weighted by molar-refractivity contribution is 5.80. The van der Waals surface area contributed by atoms with Crippen LogP contribution in [0.15, 0.2) is 42.5 Å². The minimum atomic E-state index is -0.308. The number of nitrogens with two attached hydrogens (primary N) is 1. The topological polar surface area (TPSA) is 43.8 Å². The lowest BCUT2D eigenvalue weighted by Gasteiger charge is -2.09. The molecule has 2 N–H and O–H groups in total. The minimum Gasteiger partial charge on any atom is -0.369 e. The Labute approximate surface area is 116 Å². The lowest BCUT2D eigenvalue weighted by molar-refractivity contribution is 0.629. The van der Waals surface area contributed by atoms with E-state index in [-0.39, 0.29) is 5.82 Å². The molecule has 102 valence electrons. The van der Waals surface area contributed by atoms with Gasteiger partial charge in [-0.1, -0.05) is 26.0 Å². The number of hydrogen-bond acceptors (Lipinski definition) is 2. The molecule has 3 aromatic rings. The summed E-state index contributed by atoms with van der Waals surface area (Å²) in [6.07, 6.45) is 0. The average molecular weight is 269 g/mol. The molecule has 0 radical (unpaired) electrons. The first-order chi connectivity index (χ1) is 9.56. The Kier molecular flexibility index (Phi) is 2.93. The summed E-state index contributed by atoms with van der Waals surface area (Å²) in [4.78, 5) is 4.21. The molecule has 2 aromatic carbocycles. The lowest BCUT2D eigenvalue weighted by Crippen LogP contribution is -2.00. The summed E-state index contributed by atoms with van der Waals surface area (Å²) in [6.45, 7) is 4.30. The number of hydrogen-bond donors (Lipinski definition) is 1. The van der Waals surface area contributed by atoms with Crippen LogP contribution >= 0.6 is 0 Å². The Morgan fingerprint density at radius 2 is 1.80 bits per heavy atom. The zero-order valence-electron chi connectivity index (χ0n) is 11.5. The van der Waals surface area contributed by atoms with Gasteiger partial charge in [0, 0.05) is 11.8 Å². The van der Waals surface area contributed by atoms with Crippen LogP contribution < -0.4 is 5.73 Å². The molecule has 3 rings (SSSR count). The van der Waals surface area contributed by atoms with Crippen LogP contribution in [0.1, 0.15) is 25.3 Å². The molecule has 4 heteroatoms. The first-order valence-electron chi connectivity index (χ1n) is 6.60. The van der Waals surface area contributed by atoms with E-state index in [1.54, 1.807) is 6.07 Å². The molecule has 0 aliphatic carbocycles. The van der Waals surface area contributed by atoms with E-state index in [1.807, 2.05) is 16.7 Å². The second-order valence-electron chi connectivity index (χ2n) is 5.18. The molecule has 0 unspecified atom stereocenters. The van der Waals surface area contributed by atoms with Crippen LogP contribution in [0.3, 0.4) is 0 Å². The first-order valence-corrected chi connectivity index (χ1v) is 6.60. The molecule has 0 fully saturated rings. The Morgan fingerprint density at radius 3 is 2.45 bits per heavy atom. The van der Waals surface area contributed by atoms with Crippen molar-refractivity contribution in [3.8, 4) is 5.69 Å². The van der Waals surface area contributed by atoms with Crippen molar-refractivity contribution < 1.29 is 4.39 Å². The number of fused-ring (bicyclic) bond motifs is 1. The van der Waals surface area contributed by atoms with Crippen LogP contribution in [0, 0.1) is 5.82 Å². The van der Waals surface area contributed by atoms with Gasteiger partial charge in [-0.25, -0.2) is 9.37 Å². The van der Waals surface area contributed by atoms with Crippen molar-refractivity contribution in [3.63, 3.8) is 0 Å². The number of rotatable bonds is 2. The van der Waals surface area contributed by atoms with Gasteiger partial charge in [-0.2, -0.15) is 0 Å². The van der Waals surface area contributed by atoms with Crippen molar-refractivity contribution in [1.82, 2.24) is 9.55 Å². The van der Waals surface area contributed by atoms with Crippen LogP contribution in [0.5, 0.6) is 0 Å². The Morgan fingerprint density at radius 1 is 1.10 bits per heavy atom. The number of halogens is 1. The Hall–Kier alpha value is -2.36. The molecule has 0 spiro atoms. The highest BCUT2D eigenvalue weighted by atomic mass is 19.1.